The molecule has 2 aromatic carbocycles. The molecule has 0 radical (unpaired) electrons. The highest BCUT2D eigenvalue weighted by Crippen LogP contribution is 2.22. The summed E-state index contributed by atoms with van der Waals surface area (Å²) in [4.78, 5) is 38.1. The highest BCUT2D eigenvalue weighted by molar-refractivity contribution is 6.12. The number of carbonyl (C=O) groups is 3. The average Bonchev–Trinajstić information content (AvgIpc) is 2.73. The molecule has 2 aromatic rings. The first kappa shape index (κ1) is 21.0. The fourth-order valence-corrected chi connectivity index (χ4v) is 2.68. The zero-order valence-electron chi connectivity index (χ0n) is 16.0. The van der Waals surface area contributed by atoms with Crippen molar-refractivity contribution in [2.24, 2.45) is 5.92 Å². The van der Waals surface area contributed by atoms with E-state index in [-0.39, 0.29) is 6.61 Å². The Hall–Kier alpha value is -3.35. The lowest BCUT2D eigenvalue weighted by Crippen LogP contribution is -2.46. The molecular weight excluding hydrogens is 362 g/mol. The molecule has 7 heteroatoms. The number of nitrogens with one attached hydrogen (secondary N) is 1. The molecule has 2 atom stereocenters. The standard InChI is InChI=1S/C21H23NO6/c1-4-28-20(24)17(19(23)14-8-6-5-7-9-14)18(21(25)27-3)22-15-10-12-16(26-2)13-11-15/h5-13,17-18,22H,4H2,1-3H3. The van der Waals surface area contributed by atoms with Crippen LogP contribution in [-0.2, 0) is 19.1 Å². The van der Waals surface area contributed by atoms with Crippen molar-refractivity contribution in [3.63, 3.8) is 0 Å². The first-order valence-electron chi connectivity index (χ1n) is 8.76. The summed E-state index contributed by atoms with van der Waals surface area (Å²) < 4.78 is 15.0. The van der Waals surface area contributed by atoms with E-state index in [0.717, 1.165) is 0 Å². The second kappa shape index (κ2) is 10.1. The second-order valence-corrected chi connectivity index (χ2v) is 5.83. The monoisotopic (exact) mass is 385 g/mol. The van der Waals surface area contributed by atoms with Crippen LogP contribution in [0.2, 0.25) is 0 Å². The van der Waals surface area contributed by atoms with Gasteiger partial charge in [-0.25, -0.2) is 4.79 Å². The minimum atomic E-state index is -1.41. The molecule has 7 nitrogen and oxygen atoms in total. The second-order valence-electron chi connectivity index (χ2n) is 5.83. The van der Waals surface area contributed by atoms with Gasteiger partial charge in [0, 0.05) is 11.3 Å². The number of rotatable bonds is 9. The van der Waals surface area contributed by atoms with E-state index in [4.69, 9.17) is 14.2 Å². The van der Waals surface area contributed by atoms with Gasteiger partial charge in [0.1, 0.15) is 11.8 Å². The summed E-state index contributed by atoms with van der Waals surface area (Å²) in [6.07, 6.45) is 0. The lowest BCUT2D eigenvalue weighted by Gasteiger charge is -2.24. The Morgan fingerprint density at radius 1 is 0.929 bits per heavy atom. The van der Waals surface area contributed by atoms with Crippen molar-refractivity contribution < 1.29 is 28.6 Å². The van der Waals surface area contributed by atoms with Crippen LogP contribution in [0.5, 0.6) is 5.75 Å². The molecule has 0 bridgehead atoms. The fraction of sp³-hybridized carbons (Fsp3) is 0.286. The molecule has 0 fully saturated rings. The number of benzene rings is 2. The van der Waals surface area contributed by atoms with Crippen LogP contribution < -0.4 is 10.1 Å². The number of methoxy groups -OCH3 is 2. The van der Waals surface area contributed by atoms with Gasteiger partial charge >= 0.3 is 11.9 Å². The number of anilines is 1. The highest BCUT2D eigenvalue weighted by atomic mass is 16.5. The molecule has 2 rings (SSSR count). The van der Waals surface area contributed by atoms with Crippen LogP contribution in [0.4, 0.5) is 5.69 Å². The maximum absolute atomic E-state index is 13.0. The summed E-state index contributed by atoms with van der Waals surface area (Å²) in [6, 6.07) is 13.7. The Kier molecular flexibility index (Phi) is 7.56. The summed E-state index contributed by atoms with van der Waals surface area (Å²) in [5.41, 5.74) is 0.817. The summed E-state index contributed by atoms with van der Waals surface area (Å²) in [5, 5.41) is 2.92. The molecule has 28 heavy (non-hydrogen) atoms. The molecule has 0 aliphatic carbocycles. The predicted octanol–water partition coefficient (Wildman–Crippen LogP) is 2.71. The Morgan fingerprint density at radius 3 is 2.11 bits per heavy atom. The van der Waals surface area contributed by atoms with Crippen molar-refractivity contribution in [1.29, 1.82) is 0 Å². The third-order valence-corrected chi connectivity index (χ3v) is 4.08. The summed E-state index contributed by atoms with van der Waals surface area (Å²) in [6.45, 7) is 1.71. The van der Waals surface area contributed by atoms with Gasteiger partial charge in [-0.1, -0.05) is 30.3 Å². The lowest BCUT2D eigenvalue weighted by atomic mass is 9.90. The Labute approximate surface area is 163 Å². The largest absolute Gasteiger partial charge is 0.497 e. The van der Waals surface area contributed by atoms with E-state index in [0.29, 0.717) is 17.0 Å². The number of carbonyl (C=O) groups excluding carboxylic acids is 3. The van der Waals surface area contributed by atoms with Gasteiger partial charge in [-0.3, -0.25) is 9.59 Å². The molecule has 0 saturated heterocycles. The average molecular weight is 385 g/mol. The van der Waals surface area contributed by atoms with E-state index >= 15 is 0 Å². The summed E-state index contributed by atoms with van der Waals surface area (Å²) in [5.74, 6) is -2.86. The first-order chi connectivity index (χ1) is 13.5. The van der Waals surface area contributed by atoms with E-state index in [2.05, 4.69) is 5.32 Å². The van der Waals surface area contributed by atoms with Crippen LogP contribution in [0.3, 0.4) is 0 Å². The molecule has 148 valence electrons. The zero-order valence-corrected chi connectivity index (χ0v) is 16.0. The molecule has 0 spiro atoms. The van der Waals surface area contributed by atoms with Gasteiger partial charge in [0.25, 0.3) is 0 Å². The predicted molar refractivity (Wildman–Crippen MR) is 103 cm³/mol. The van der Waals surface area contributed by atoms with Gasteiger partial charge in [0.05, 0.1) is 20.8 Å². The van der Waals surface area contributed by atoms with Crippen molar-refractivity contribution in [3.8, 4) is 5.75 Å². The van der Waals surface area contributed by atoms with Crippen molar-refractivity contribution in [2.75, 3.05) is 26.1 Å². The smallest absolute Gasteiger partial charge is 0.329 e. The van der Waals surface area contributed by atoms with Crippen LogP contribution >= 0.6 is 0 Å². The molecule has 0 amide bonds. The maximum atomic E-state index is 13.0. The van der Waals surface area contributed by atoms with Crippen molar-refractivity contribution in [2.45, 2.75) is 13.0 Å². The summed E-state index contributed by atoms with van der Waals surface area (Å²) >= 11 is 0. The topological polar surface area (TPSA) is 90.9 Å². The number of esters is 2. The Morgan fingerprint density at radius 2 is 1.57 bits per heavy atom. The van der Waals surface area contributed by atoms with Crippen molar-refractivity contribution in [1.82, 2.24) is 0 Å². The summed E-state index contributed by atoms with van der Waals surface area (Å²) in [7, 11) is 2.73. The molecular formula is C21H23NO6. The number of hydrogen-bond acceptors (Lipinski definition) is 7. The molecule has 0 saturated carbocycles. The van der Waals surface area contributed by atoms with E-state index in [1.807, 2.05) is 0 Å². The van der Waals surface area contributed by atoms with Gasteiger partial charge in [-0.2, -0.15) is 0 Å². The third-order valence-electron chi connectivity index (χ3n) is 4.08. The molecule has 2 unspecified atom stereocenters. The first-order valence-corrected chi connectivity index (χ1v) is 8.76. The number of hydrogen-bond donors (Lipinski definition) is 1. The number of ketones is 1. The minimum absolute atomic E-state index is 0.0772. The van der Waals surface area contributed by atoms with Gasteiger partial charge in [-0.05, 0) is 31.2 Å². The van der Waals surface area contributed by atoms with Gasteiger partial charge < -0.3 is 19.5 Å². The fourth-order valence-electron chi connectivity index (χ4n) is 2.68. The maximum Gasteiger partial charge on any atom is 0.329 e. The van der Waals surface area contributed by atoms with Crippen LogP contribution in [0.25, 0.3) is 0 Å². The lowest BCUT2D eigenvalue weighted by molar-refractivity contribution is -0.152. The molecule has 0 aromatic heterocycles. The quantitative estimate of drug-likeness (QED) is 0.403. The molecule has 1 N–H and O–H groups in total. The van der Waals surface area contributed by atoms with Gasteiger partial charge in [-0.15, -0.1) is 0 Å². The van der Waals surface area contributed by atoms with Crippen LogP contribution in [-0.4, -0.2) is 44.6 Å². The van der Waals surface area contributed by atoms with E-state index < -0.39 is 29.7 Å². The van der Waals surface area contributed by atoms with Crippen molar-refractivity contribution in [3.05, 3.63) is 60.2 Å². The third kappa shape index (κ3) is 5.09. The van der Waals surface area contributed by atoms with Crippen molar-refractivity contribution >= 4 is 23.4 Å². The van der Waals surface area contributed by atoms with Crippen LogP contribution in [0.15, 0.2) is 54.6 Å². The zero-order chi connectivity index (χ0) is 20.5. The minimum Gasteiger partial charge on any atom is -0.497 e. The van der Waals surface area contributed by atoms with Crippen LogP contribution in [0, 0.1) is 5.92 Å². The van der Waals surface area contributed by atoms with E-state index in [1.54, 1.807) is 61.5 Å². The van der Waals surface area contributed by atoms with E-state index in [1.165, 1.54) is 14.2 Å². The van der Waals surface area contributed by atoms with E-state index in [9.17, 15) is 14.4 Å². The van der Waals surface area contributed by atoms with Crippen LogP contribution in [0.1, 0.15) is 17.3 Å². The van der Waals surface area contributed by atoms with Gasteiger partial charge in [0.2, 0.25) is 0 Å². The highest BCUT2D eigenvalue weighted by Gasteiger charge is 2.41. The molecule has 0 aliphatic heterocycles. The normalized spacial score (nSPS) is 12.4. The number of Topliss-reactive ketones (excluding diaryl/α,β-unsaturated/α-hetero) is 1. The Balaban J connectivity index is 2.41. The SMILES string of the molecule is CCOC(=O)C(C(=O)c1ccccc1)C(Nc1ccc(OC)cc1)C(=O)OC. The van der Waals surface area contributed by atoms with Gasteiger partial charge in [0.15, 0.2) is 11.7 Å². The number of ether oxygens (including phenoxy) is 3. The molecule has 0 heterocycles. The molecule has 0 aliphatic rings. The Bertz CT molecular complexity index is 803.